The summed E-state index contributed by atoms with van der Waals surface area (Å²) in [6.07, 6.45) is 1.54. The summed E-state index contributed by atoms with van der Waals surface area (Å²) in [6, 6.07) is 3.50. The molecule has 2 heterocycles. The Morgan fingerprint density at radius 2 is 2.25 bits per heavy atom. The first-order valence-corrected chi connectivity index (χ1v) is 4.49. The number of hydrogen-bond acceptors (Lipinski definition) is 6. The van der Waals surface area contributed by atoms with Crippen LogP contribution < -0.4 is 11.1 Å². The van der Waals surface area contributed by atoms with Crippen molar-refractivity contribution in [1.29, 1.82) is 0 Å². The van der Waals surface area contributed by atoms with Crippen LogP contribution >= 0.6 is 0 Å². The van der Waals surface area contributed by atoms with Crippen molar-refractivity contribution in [2.75, 3.05) is 11.1 Å². The van der Waals surface area contributed by atoms with Gasteiger partial charge < -0.3 is 11.1 Å². The van der Waals surface area contributed by atoms with Crippen molar-refractivity contribution in [2.24, 2.45) is 0 Å². The van der Waals surface area contributed by atoms with Gasteiger partial charge in [0.2, 0.25) is 11.5 Å². The number of aromatic nitrogens is 3. The van der Waals surface area contributed by atoms with E-state index in [4.69, 9.17) is 5.73 Å². The first-order chi connectivity index (χ1) is 7.66. The minimum Gasteiger partial charge on any atom is -0.379 e. The van der Waals surface area contributed by atoms with Gasteiger partial charge in [-0.05, 0) is 29.4 Å². The summed E-state index contributed by atoms with van der Waals surface area (Å²) in [5.74, 6) is -0.526. The summed E-state index contributed by atoms with van der Waals surface area (Å²) in [5.41, 5.74) is 6.75. The molecule has 82 valence electrons. The SMILES string of the molecule is Cc1ccc(NC(=O)c2nonc2N)cn1. The summed E-state index contributed by atoms with van der Waals surface area (Å²) in [6.45, 7) is 1.85. The van der Waals surface area contributed by atoms with Gasteiger partial charge in [0.05, 0.1) is 11.9 Å². The Hall–Kier alpha value is -2.44. The van der Waals surface area contributed by atoms with Crippen molar-refractivity contribution >= 4 is 17.4 Å². The molecule has 0 aliphatic rings. The summed E-state index contributed by atoms with van der Waals surface area (Å²) >= 11 is 0. The van der Waals surface area contributed by atoms with E-state index < -0.39 is 5.91 Å². The van der Waals surface area contributed by atoms with Gasteiger partial charge >= 0.3 is 0 Å². The molecule has 2 aromatic rings. The molecule has 0 aromatic carbocycles. The van der Waals surface area contributed by atoms with Crippen molar-refractivity contribution in [3.05, 3.63) is 29.7 Å². The molecule has 3 N–H and O–H groups in total. The van der Waals surface area contributed by atoms with Crippen LogP contribution in [0.25, 0.3) is 0 Å². The second-order valence-corrected chi connectivity index (χ2v) is 3.14. The molecule has 0 saturated heterocycles. The number of anilines is 2. The molecule has 0 fully saturated rings. The zero-order valence-corrected chi connectivity index (χ0v) is 8.47. The highest BCUT2D eigenvalue weighted by atomic mass is 16.6. The molecule has 7 nitrogen and oxygen atoms in total. The largest absolute Gasteiger partial charge is 0.379 e. The topological polar surface area (TPSA) is 107 Å². The maximum atomic E-state index is 11.6. The van der Waals surface area contributed by atoms with Crippen LogP contribution in [0.5, 0.6) is 0 Å². The third-order valence-electron chi connectivity index (χ3n) is 1.90. The monoisotopic (exact) mass is 219 g/mol. The normalized spacial score (nSPS) is 10.1. The van der Waals surface area contributed by atoms with Crippen molar-refractivity contribution < 1.29 is 9.42 Å². The Bertz CT molecular complexity index is 505. The summed E-state index contributed by atoms with van der Waals surface area (Å²) in [4.78, 5) is 15.6. The number of nitrogen functional groups attached to an aromatic ring is 1. The molecule has 0 spiro atoms. The average molecular weight is 219 g/mol. The molecule has 0 saturated carbocycles. The molecular weight excluding hydrogens is 210 g/mol. The molecular formula is C9H9N5O2. The molecule has 7 heteroatoms. The fraction of sp³-hybridized carbons (Fsp3) is 0.111. The summed E-state index contributed by atoms with van der Waals surface area (Å²) < 4.78 is 4.32. The third kappa shape index (κ3) is 1.97. The number of rotatable bonds is 2. The first-order valence-electron chi connectivity index (χ1n) is 4.49. The lowest BCUT2D eigenvalue weighted by Crippen LogP contribution is -2.14. The maximum absolute atomic E-state index is 11.6. The molecule has 16 heavy (non-hydrogen) atoms. The Morgan fingerprint density at radius 1 is 1.44 bits per heavy atom. The number of carbonyl (C=O) groups is 1. The van der Waals surface area contributed by atoms with Crippen LogP contribution in [0.2, 0.25) is 0 Å². The van der Waals surface area contributed by atoms with Gasteiger partial charge in [-0.15, -0.1) is 0 Å². The van der Waals surface area contributed by atoms with E-state index in [-0.39, 0.29) is 11.5 Å². The molecule has 0 aliphatic carbocycles. The number of nitrogens with zero attached hydrogens (tertiary/aromatic N) is 3. The Morgan fingerprint density at radius 3 is 2.81 bits per heavy atom. The quantitative estimate of drug-likeness (QED) is 0.766. The lowest BCUT2D eigenvalue weighted by molar-refractivity contribution is 0.101. The number of nitrogens with two attached hydrogens (primary N) is 1. The number of nitrogens with one attached hydrogen (secondary N) is 1. The van der Waals surface area contributed by atoms with E-state index in [9.17, 15) is 4.79 Å². The highest BCUT2D eigenvalue weighted by Gasteiger charge is 2.15. The molecule has 0 bridgehead atoms. The number of hydrogen-bond donors (Lipinski definition) is 2. The highest BCUT2D eigenvalue weighted by Crippen LogP contribution is 2.10. The fourth-order valence-corrected chi connectivity index (χ4v) is 1.09. The van der Waals surface area contributed by atoms with E-state index in [1.165, 1.54) is 6.20 Å². The van der Waals surface area contributed by atoms with Crippen LogP contribution in [-0.2, 0) is 0 Å². The standard InChI is InChI=1S/C9H9N5O2/c1-5-2-3-6(4-11-5)12-9(15)7-8(10)14-16-13-7/h2-4H,1H3,(H2,10,14)(H,12,15). The van der Waals surface area contributed by atoms with Gasteiger partial charge in [0.25, 0.3) is 5.91 Å². The summed E-state index contributed by atoms with van der Waals surface area (Å²) in [7, 11) is 0. The van der Waals surface area contributed by atoms with Gasteiger partial charge in [0.15, 0.2) is 0 Å². The lowest BCUT2D eigenvalue weighted by Gasteiger charge is -2.02. The van der Waals surface area contributed by atoms with Crippen LogP contribution in [0.1, 0.15) is 16.2 Å². The van der Waals surface area contributed by atoms with Gasteiger partial charge in [0, 0.05) is 5.69 Å². The van der Waals surface area contributed by atoms with Gasteiger partial charge in [0.1, 0.15) is 0 Å². The molecule has 1 amide bonds. The van der Waals surface area contributed by atoms with Gasteiger partial charge in [-0.3, -0.25) is 9.78 Å². The van der Waals surface area contributed by atoms with E-state index in [0.29, 0.717) is 5.69 Å². The third-order valence-corrected chi connectivity index (χ3v) is 1.90. The van der Waals surface area contributed by atoms with Gasteiger partial charge in [-0.1, -0.05) is 0 Å². The average Bonchev–Trinajstić information content (AvgIpc) is 2.68. The smallest absolute Gasteiger partial charge is 0.281 e. The Labute approximate surface area is 90.6 Å². The molecule has 2 rings (SSSR count). The Kier molecular flexibility index (Phi) is 2.50. The predicted molar refractivity (Wildman–Crippen MR) is 55.6 cm³/mol. The lowest BCUT2D eigenvalue weighted by atomic mass is 10.3. The molecule has 0 aliphatic heterocycles. The second-order valence-electron chi connectivity index (χ2n) is 3.14. The van der Waals surface area contributed by atoms with Crippen molar-refractivity contribution in [1.82, 2.24) is 15.3 Å². The summed E-state index contributed by atoms with van der Waals surface area (Å²) in [5, 5.41) is 9.26. The molecule has 0 atom stereocenters. The maximum Gasteiger partial charge on any atom is 0.281 e. The molecule has 2 aromatic heterocycles. The number of carbonyl (C=O) groups excluding carboxylic acids is 1. The van der Waals surface area contributed by atoms with Crippen molar-refractivity contribution in [3.8, 4) is 0 Å². The van der Waals surface area contributed by atoms with E-state index in [1.54, 1.807) is 12.1 Å². The minimum absolute atomic E-state index is 0.0411. The number of pyridine rings is 1. The zero-order valence-electron chi connectivity index (χ0n) is 8.47. The molecule has 0 unspecified atom stereocenters. The predicted octanol–water partition coefficient (Wildman–Crippen LogP) is 0.608. The zero-order chi connectivity index (χ0) is 11.5. The van der Waals surface area contributed by atoms with Crippen LogP contribution in [0.4, 0.5) is 11.5 Å². The van der Waals surface area contributed by atoms with E-state index >= 15 is 0 Å². The van der Waals surface area contributed by atoms with Crippen LogP contribution in [0, 0.1) is 6.92 Å². The Balaban J connectivity index is 2.14. The van der Waals surface area contributed by atoms with Crippen molar-refractivity contribution in [3.63, 3.8) is 0 Å². The van der Waals surface area contributed by atoms with Crippen molar-refractivity contribution in [2.45, 2.75) is 6.92 Å². The number of aryl methyl sites for hydroxylation is 1. The fourth-order valence-electron chi connectivity index (χ4n) is 1.09. The van der Waals surface area contributed by atoms with Crippen LogP contribution in [0.15, 0.2) is 23.0 Å². The van der Waals surface area contributed by atoms with Gasteiger partial charge in [-0.25, -0.2) is 4.63 Å². The highest BCUT2D eigenvalue weighted by molar-refractivity contribution is 6.05. The minimum atomic E-state index is -0.482. The number of amides is 1. The van der Waals surface area contributed by atoms with E-state index in [2.05, 4.69) is 25.2 Å². The van der Waals surface area contributed by atoms with E-state index in [1.807, 2.05) is 6.92 Å². The molecule has 0 radical (unpaired) electrons. The van der Waals surface area contributed by atoms with Crippen LogP contribution in [0.3, 0.4) is 0 Å². The van der Waals surface area contributed by atoms with Crippen LogP contribution in [-0.4, -0.2) is 21.2 Å². The second kappa shape index (κ2) is 3.97. The van der Waals surface area contributed by atoms with Gasteiger partial charge in [-0.2, -0.15) is 0 Å². The first kappa shape index (κ1) is 10.1. The van der Waals surface area contributed by atoms with E-state index in [0.717, 1.165) is 5.69 Å².